The van der Waals surface area contributed by atoms with Gasteiger partial charge in [0.1, 0.15) is 17.8 Å². The van der Waals surface area contributed by atoms with Crippen molar-refractivity contribution < 1.29 is 19.6 Å². The van der Waals surface area contributed by atoms with Gasteiger partial charge in [0.25, 0.3) is 5.69 Å². The highest BCUT2D eigenvalue weighted by atomic mass is 16.6. The SMILES string of the molecule is COc1cc(CCC(=O)O)ccc1N(C)c1ccc([N+](=O)[O-])cn1. The molecule has 0 saturated heterocycles. The second kappa shape index (κ2) is 7.40. The number of rotatable bonds is 7. The average Bonchev–Trinajstić information content (AvgIpc) is 2.59. The van der Waals surface area contributed by atoms with Crippen molar-refractivity contribution in [3.05, 3.63) is 52.2 Å². The number of anilines is 2. The number of carboxylic acid groups (broad SMARTS) is 1. The van der Waals surface area contributed by atoms with Gasteiger partial charge >= 0.3 is 5.97 Å². The van der Waals surface area contributed by atoms with E-state index >= 15 is 0 Å². The number of carboxylic acids is 1. The minimum absolute atomic E-state index is 0.0439. The van der Waals surface area contributed by atoms with Crippen molar-refractivity contribution in [3.8, 4) is 5.75 Å². The predicted octanol–water partition coefficient (Wildman–Crippen LogP) is 2.78. The number of nitrogens with zero attached hydrogens (tertiary/aromatic N) is 3. The van der Waals surface area contributed by atoms with Gasteiger partial charge in [-0.1, -0.05) is 6.07 Å². The van der Waals surface area contributed by atoms with Crippen LogP contribution in [0.1, 0.15) is 12.0 Å². The molecule has 2 rings (SSSR count). The maximum Gasteiger partial charge on any atom is 0.303 e. The lowest BCUT2D eigenvalue weighted by Gasteiger charge is -2.21. The zero-order valence-electron chi connectivity index (χ0n) is 13.3. The van der Waals surface area contributed by atoms with E-state index in [2.05, 4.69) is 4.98 Å². The Morgan fingerprint density at radius 1 is 1.38 bits per heavy atom. The number of hydrogen-bond acceptors (Lipinski definition) is 6. The Morgan fingerprint density at radius 2 is 2.12 bits per heavy atom. The summed E-state index contributed by atoms with van der Waals surface area (Å²) in [5.41, 5.74) is 1.49. The van der Waals surface area contributed by atoms with Crippen molar-refractivity contribution in [1.82, 2.24) is 4.98 Å². The van der Waals surface area contributed by atoms with E-state index in [1.165, 1.54) is 19.4 Å². The van der Waals surface area contributed by atoms with E-state index in [-0.39, 0.29) is 12.1 Å². The standard InChI is InChI=1S/C16H17N3O5/c1-18(15-7-5-12(10-17-15)19(22)23)13-6-3-11(4-8-16(20)21)9-14(13)24-2/h3,5-7,9-10H,4,8H2,1-2H3,(H,20,21). The normalized spacial score (nSPS) is 10.2. The van der Waals surface area contributed by atoms with Crippen LogP contribution in [0.3, 0.4) is 0 Å². The first-order valence-electron chi connectivity index (χ1n) is 7.15. The molecular formula is C16H17N3O5. The van der Waals surface area contributed by atoms with Crippen molar-refractivity contribution in [2.24, 2.45) is 0 Å². The molecule has 8 heteroatoms. The number of pyridine rings is 1. The van der Waals surface area contributed by atoms with Gasteiger partial charge in [-0.3, -0.25) is 14.9 Å². The molecule has 1 heterocycles. The topological polar surface area (TPSA) is 106 Å². The Bertz CT molecular complexity index is 746. The van der Waals surface area contributed by atoms with E-state index in [1.54, 1.807) is 30.1 Å². The molecule has 126 valence electrons. The molecule has 0 aliphatic heterocycles. The maximum absolute atomic E-state index is 10.7. The van der Waals surface area contributed by atoms with Crippen LogP contribution in [0.2, 0.25) is 0 Å². The molecule has 0 amide bonds. The number of hydrogen-bond donors (Lipinski definition) is 1. The Labute approximate surface area is 138 Å². The van der Waals surface area contributed by atoms with Crippen LogP contribution >= 0.6 is 0 Å². The molecule has 0 aliphatic rings. The highest BCUT2D eigenvalue weighted by Crippen LogP contribution is 2.33. The second-order valence-corrected chi connectivity index (χ2v) is 5.09. The molecule has 0 aliphatic carbocycles. The van der Waals surface area contributed by atoms with Crippen LogP contribution in [0.4, 0.5) is 17.2 Å². The fourth-order valence-corrected chi connectivity index (χ4v) is 2.21. The summed E-state index contributed by atoms with van der Waals surface area (Å²) in [7, 11) is 3.29. The number of aryl methyl sites for hydroxylation is 1. The summed E-state index contributed by atoms with van der Waals surface area (Å²) in [5, 5.41) is 19.4. The van der Waals surface area contributed by atoms with E-state index in [0.717, 1.165) is 11.3 Å². The zero-order chi connectivity index (χ0) is 17.7. The van der Waals surface area contributed by atoms with Gasteiger partial charge in [0.15, 0.2) is 0 Å². The molecule has 1 N–H and O–H groups in total. The summed E-state index contributed by atoms with van der Waals surface area (Å²) in [6.45, 7) is 0. The minimum Gasteiger partial charge on any atom is -0.495 e. The van der Waals surface area contributed by atoms with Gasteiger partial charge in [-0.05, 0) is 30.2 Å². The fourth-order valence-electron chi connectivity index (χ4n) is 2.21. The molecule has 1 aromatic carbocycles. The Hall–Kier alpha value is -3.16. The summed E-state index contributed by atoms with van der Waals surface area (Å²) in [6, 6.07) is 8.34. The van der Waals surface area contributed by atoms with Crippen LogP contribution in [-0.4, -0.2) is 35.1 Å². The lowest BCUT2D eigenvalue weighted by atomic mass is 10.1. The number of methoxy groups -OCH3 is 1. The lowest BCUT2D eigenvalue weighted by molar-refractivity contribution is -0.385. The van der Waals surface area contributed by atoms with E-state index in [1.807, 2.05) is 6.07 Å². The molecule has 0 atom stereocenters. The van der Waals surface area contributed by atoms with Crippen LogP contribution in [-0.2, 0) is 11.2 Å². The molecule has 1 aromatic heterocycles. The van der Waals surface area contributed by atoms with Crippen LogP contribution in [0.15, 0.2) is 36.5 Å². The third kappa shape index (κ3) is 3.97. The average molecular weight is 331 g/mol. The maximum atomic E-state index is 10.7. The fraction of sp³-hybridized carbons (Fsp3) is 0.250. The van der Waals surface area contributed by atoms with Gasteiger partial charge in [0, 0.05) is 19.5 Å². The number of carbonyl (C=O) groups is 1. The number of aromatic nitrogens is 1. The third-order valence-electron chi connectivity index (χ3n) is 3.52. The van der Waals surface area contributed by atoms with Gasteiger partial charge in [0.05, 0.1) is 17.7 Å². The van der Waals surface area contributed by atoms with Crippen molar-refractivity contribution >= 4 is 23.2 Å². The Balaban J connectivity index is 2.26. The summed E-state index contributed by atoms with van der Waals surface area (Å²) in [6.07, 6.45) is 1.65. The molecule has 0 bridgehead atoms. The molecule has 0 saturated carbocycles. The third-order valence-corrected chi connectivity index (χ3v) is 3.52. The van der Waals surface area contributed by atoms with Gasteiger partial charge in [-0.2, -0.15) is 0 Å². The van der Waals surface area contributed by atoms with Crippen molar-refractivity contribution in [2.75, 3.05) is 19.1 Å². The van der Waals surface area contributed by atoms with Crippen molar-refractivity contribution in [3.63, 3.8) is 0 Å². The highest BCUT2D eigenvalue weighted by Gasteiger charge is 2.14. The largest absolute Gasteiger partial charge is 0.495 e. The van der Waals surface area contributed by atoms with Gasteiger partial charge in [-0.15, -0.1) is 0 Å². The second-order valence-electron chi connectivity index (χ2n) is 5.09. The number of nitro groups is 1. The van der Waals surface area contributed by atoms with Crippen molar-refractivity contribution in [1.29, 1.82) is 0 Å². The molecule has 8 nitrogen and oxygen atoms in total. The van der Waals surface area contributed by atoms with E-state index < -0.39 is 10.9 Å². The lowest BCUT2D eigenvalue weighted by Crippen LogP contribution is -2.12. The molecule has 24 heavy (non-hydrogen) atoms. The number of aliphatic carboxylic acids is 1. The molecular weight excluding hydrogens is 314 g/mol. The monoisotopic (exact) mass is 331 g/mol. The van der Waals surface area contributed by atoms with Crippen LogP contribution in [0.25, 0.3) is 0 Å². The molecule has 0 spiro atoms. The molecule has 0 radical (unpaired) electrons. The minimum atomic E-state index is -0.856. The molecule has 2 aromatic rings. The van der Waals surface area contributed by atoms with Crippen LogP contribution in [0.5, 0.6) is 5.75 Å². The van der Waals surface area contributed by atoms with Crippen LogP contribution < -0.4 is 9.64 Å². The zero-order valence-corrected chi connectivity index (χ0v) is 13.3. The van der Waals surface area contributed by atoms with Gasteiger partial charge in [-0.25, -0.2) is 4.98 Å². The summed E-state index contributed by atoms with van der Waals surface area (Å²) in [4.78, 5) is 26.7. The summed E-state index contributed by atoms with van der Waals surface area (Å²) in [5.74, 6) is 0.239. The van der Waals surface area contributed by atoms with Gasteiger partial charge in [0.2, 0.25) is 0 Å². The van der Waals surface area contributed by atoms with E-state index in [4.69, 9.17) is 9.84 Å². The first kappa shape index (κ1) is 17.2. The van der Waals surface area contributed by atoms with Crippen molar-refractivity contribution in [2.45, 2.75) is 12.8 Å². The van der Waals surface area contributed by atoms with Gasteiger partial charge < -0.3 is 14.7 Å². The van der Waals surface area contributed by atoms with E-state index in [9.17, 15) is 14.9 Å². The van der Waals surface area contributed by atoms with E-state index in [0.29, 0.717) is 18.0 Å². The summed E-state index contributed by atoms with van der Waals surface area (Å²) >= 11 is 0. The molecule has 0 fully saturated rings. The predicted molar refractivity (Wildman–Crippen MR) is 87.9 cm³/mol. The summed E-state index contributed by atoms with van der Waals surface area (Å²) < 4.78 is 5.37. The molecule has 0 unspecified atom stereocenters. The Morgan fingerprint density at radius 3 is 2.67 bits per heavy atom. The Kier molecular flexibility index (Phi) is 5.31. The first-order valence-corrected chi connectivity index (χ1v) is 7.15. The number of benzene rings is 1. The quantitative estimate of drug-likeness (QED) is 0.614. The highest BCUT2D eigenvalue weighted by molar-refractivity contribution is 5.69. The van der Waals surface area contributed by atoms with Crippen LogP contribution in [0, 0.1) is 10.1 Å². The smallest absolute Gasteiger partial charge is 0.303 e. The number of ether oxygens (including phenoxy) is 1. The first-order chi connectivity index (χ1) is 11.4.